The fourth-order valence-corrected chi connectivity index (χ4v) is 4.95. The standard InChI is InChI=1S/C15H28N2O3S/c1-17(11-15(18)16-10-12-6-5-7-12)13-8-3-4-9-14(13)21(2,19)20/h12-14H,3-11H2,1-2H3,(H,16,18). The second-order valence-electron chi connectivity index (χ2n) is 6.74. The Morgan fingerprint density at radius 3 is 2.38 bits per heavy atom. The summed E-state index contributed by atoms with van der Waals surface area (Å²) in [5, 5.41) is 2.65. The topological polar surface area (TPSA) is 66.5 Å². The molecule has 2 aliphatic carbocycles. The minimum atomic E-state index is -3.05. The minimum absolute atomic E-state index is 0.0159. The molecule has 2 fully saturated rings. The van der Waals surface area contributed by atoms with E-state index < -0.39 is 9.84 Å². The molecule has 2 aliphatic rings. The molecule has 1 N–H and O–H groups in total. The largest absolute Gasteiger partial charge is 0.355 e. The zero-order valence-corrected chi connectivity index (χ0v) is 14.0. The SMILES string of the molecule is CN(CC(=O)NCC1CCC1)C1CCCCC1S(C)(=O)=O. The second kappa shape index (κ2) is 7.09. The molecule has 5 nitrogen and oxygen atoms in total. The highest BCUT2D eigenvalue weighted by Crippen LogP contribution is 2.27. The number of likely N-dealkylation sites (N-methyl/N-ethyl adjacent to an activating group) is 1. The summed E-state index contributed by atoms with van der Waals surface area (Å²) in [6.45, 7) is 1.07. The van der Waals surface area contributed by atoms with Gasteiger partial charge in [-0.15, -0.1) is 0 Å². The molecule has 2 rings (SSSR count). The third-order valence-corrected chi connectivity index (χ3v) is 6.64. The first kappa shape index (κ1) is 16.7. The van der Waals surface area contributed by atoms with Crippen LogP contribution in [0.2, 0.25) is 0 Å². The number of amides is 1. The normalized spacial score (nSPS) is 27.4. The lowest BCUT2D eigenvalue weighted by Gasteiger charge is -2.36. The Morgan fingerprint density at radius 1 is 1.14 bits per heavy atom. The van der Waals surface area contributed by atoms with Gasteiger partial charge in [0.25, 0.3) is 0 Å². The van der Waals surface area contributed by atoms with E-state index in [-0.39, 0.29) is 17.2 Å². The molecule has 122 valence electrons. The average Bonchev–Trinajstić information content (AvgIpc) is 2.35. The molecular formula is C15H28N2O3S. The molecule has 0 bridgehead atoms. The smallest absolute Gasteiger partial charge is 0.234 e. The molecule has 21 heavy (non-hydrogen) atoms. The van der Waals surface area contributed by atoms with Crippen molar-refractivity contribution in [2.45, 2.75) is 56.2 Å². The van der Waals surface area contributed by atoms with Crippen molar-refractivity contribution >= 4 is 15.7 Å². The van der Waals surface area contributed by atoms with E-state index in [1.54, 1.807) is 0 Å². The fourth-order valence-electron chi connectivity index (χ4n) is 3.44. The molecule has 0 aromatic carbocycles. The highest BCUT2D eigenvalue weighted by molar-refractivity contribution is 7.91. The summed E-state index contributed by atoms with van der Waals surface area (Å²) in [6, 6.07) is -0.0248. The van der Waals surface area contributed by atoms with Gasteiger partial charge >= 0.3 is 0 Å². The third-order valence-electron chi connectivity index (χ3n) is 4.99. The van der Waals surface area contributed by atoms with E-state index in [9.17, 15) is 13.2 Å². The Bertz CT molecular complexity index is 460. The fraction of sp³-hybridized carbons (Fsp3) is 0.933. The van der Waals surface area contributed by atoms with Gasteiger partial charge in [0.05, 0.1) is 11.8 Å². The summed E-state index contributed by atoms with van der Waals surface area (Å²) in [5.41, 5.74) is 0. The number of hydrogen-bond acceptors (Lipinski definition) is 4. The maximum absolute atomic E-state index is 12.0. The summed E-state index contributed by atoms with van der Waals surface area (Å²) in [5.74, 6) is 0.667. The van der Waals surface area contributed by atoms with Gasteiger partial charge < -0.3 is 5.32 Å². The Morgan fingerprint density at radius 2 is 1.81 bits per heavy atom. The van der Waals surface area contributed by atoms with Crippen LogP contribution in [0.1, 0.15) is 44.9 Å². The number of rotatable bonds is 6. The predicted octanol–water partition coefficient (Wildman–Crippen LogP) is 1.19. The number of carbonyl (C=O) groups is 1. The van der Waals surface area contributed by atoms with Crippen LogP contribution in [-0.4, -0.2) is 56.9 Å². The lowest BCUT2D eigenvalue weighted by atomic mass is 9.85. The summed E-state index contributed by atoms with van der Waals surface area (Å²) in [4.78, 5) is 13.9. The van der Waals surface area contributed by atoms with E-state index in [0.717, 1.165) is 32.2 Å². The predicted molar refractivity (Wildman–Crippen MR) is 83.9 cm³/mol. The highest BCUT2D eigenvalue weighted by Gasteiger charge is 2.35. The van der Waals surface area contributed by atoms with Crippen LogP contribution >= 0.6 is 0 Å². The third kappa shape index (κ3) is 4.68. The molecule has 2 unspecified atom stereocenters. The van der Waals surface area contributed by atoms with Gasteiger partial charge in [-0.1, -0.05) is 19.3 Å². The van der Waals surface area contributed by atoms with Crippen molar-refractivity contribution in [2.24, 2.45) is 5.92 Å². The Kier molecular flexibility index (Phi) is 5.66. The van der Waals surface area contributed by atoms with Crippen LogP contribution in [0.5, 0.6) is 0 Å². The lowest BCUT2D eigenvalue weighted by Crippen LogP contribution is -2.50. The van der Waals surface area contributed by atoms with Gasteiger partial charge in [-0.2, -0.15) is 0 Å². The molecule has 0 aromatic rings. The summed E-state index contributed by atoms with van der Waals surface area (Å²) in [7, 11) is -1.18. The van der Waals surface area contributed by atoms with Crippen LogP contribution in [0.4, 0.5) is 0 Å². The maximum atomic E-state index is 12.0. The maximum Gasteiger partial charge on any atom is 0.234 e. The van der Waals surface area contributed by atoms with Crippen molar-refractivity contribution in [3.63, 3.8) is 0 Å². The quantitative estimate of drug-likeness (QED) is 0.799. The molecule has 0 aliphatic heterocycles. The molecule has 6 heteroatoms. The molecule has 0 saturated heterocycles. The molecule has 2 atom stereocenters. The van der Waals surface area contributed by atoms with Crippen molar-refractivity contribution in [1.82, 2.24) is 10.2 Å². The highest BCUT2D eigenvalue weighted by atomic mass is 32.2. The monoisotopic (exact) mass is 316 g/mol. The molecule has 0 heterocycles. The Balaban J connectivity index is 1.84. The van der Waals surface area contributed by atoms with Crippen molar-refractivity contribution < 1.29 is 13.2 Å². The van der Waals surface area contributed by atoms with E-state index in [1.807, 2.05) is 11.9 Å². The van der Waals surface area contributed by atoms with Gasteiger partial charge in [0, 0.05) is 18.8 Å². The zero-order chi connectivity index (χ0) is 15.5. The van der Waals surface area contributed by atoms with Crippen LogP contribution in [0, 0.1) is 5.92 Å². The molecule has 0 radical (unpaired) electrons. The van der Waals surface area contributed by atoms with Crippen molar-refractivity contribution in [1.29, 1.82) is 0 Å². The van der Waals surface area contributed by atoms with Gasteiger partial charge in [-0.25, -0.2) is 8.42 Å². The first-order valence-electron chi connectivity index (χ1n) is 8.03. The van der Waals surface area contributed by atoms with Gasteiger partial charge in [0.15, 0.2) is 9.84 Å². The van der Waals surface area contributed by atoms with E-state index >= 15 is 0 Å². The Hall–Kier alpha value is -0.620. The van der Waals surface area contributed by atoms with E-state index in [2.05, 4.69) is 5.32 Å². The molecule has 0 spiro atoms. The van der Waals surface area contributed by atoms with Crippen LogP contribution in [-0.2, 0) is 14.6 Å². The number of nitrogens with one attached hydrogen (secondary N) is 1. The van der Waals surface area contributed by atoms with Gasteiger partial charge in [0.1, 0.15) is 0 Å². The van der Waals surface area contributed by atoms with Gasteiger partial charge in [-0.05, 0) is 38.6 Å². The van der Waals surface area contributed by atoms with E-state index in [1.165, 1.54) is 25.5 Å². The van der Waals surface area contributed by atoms with Crippen molar-refractivity contribution in [2.75, 3.05) is 26.4 Å². The van der Waals surface area contributed by atoms with Crippen LogP contribution < -0.4 is 5.32 Å². The number of sulfone groups is 1. The zero-order valence-electron chi connectivity index (χ0n) is 13.2. The Labute approximate surface area is 128 Å². The first-order chi connectivity index (χ1) is 9.88. The molecule has 2 saturated carbocycles. The lowest BCUT2D eigenvalue weighted by molar-refractivity contribution is -0.122. The summed E-state index contributed by atoms with van der Waals surface area (Å²) >= 11 is 0. The van der Waals surface area contributed by atoms with Crippen LogP contribution in [0.3, 0.4) is 0 Å². The van der Waals surface area contributed by atoms with Crippen molar-refractivity contribution in [3.8, 4) is 0 Å². The van der Waals surface area contributed by atoms with Gasteiger partial charge in [-0.3, -0.25) is 9.69 Å². The van der Waals surface area contributed by atoms with E-state index in [0.29, 0.717) is 12.5 Å². The summed E-state index contributed by atoms with van der Waals surface area (Å²) in [6.07, 6.45) is 8.63. The second-order valence-corrected chi connectivity index (χ2v) is 9.00. The van der Waals surface area contributed by atoms with Gasteiger partial charge in [0.2, 0.25) is 5.91 Å². The molecule has 0 aromatic heterocycles. The van der Waals surface area contributed by atoms with Crippen molar-refractivity contribution in [3.05, 3.63) is 0 Å². The van der Waals surface area contributed by atoms with Crippen LogP contribution in [0.15, 0.2) is 0 Å². The average molecular weight is 316 g/mol. The molecule has 1 amide bonds. The number of nitrogens with zero attached hydrogens (tertiary/aromatic N) is 1. The first-order valence-corrected chi connectivity index (χ1v) is 9.99. The van der Waals surface area contributed by atoms with Crippen LogP contribution in [0.25, 0.3) is 0 Å². The number of hydrogen-bond donors (Lipinski definition) is 1. The van der Waals surface area contributed by atoms with E-state index in [4.69, 9.17) is 0 Å². The summed E-state index contributed by atoms with van der Waals surface area (Å²) < 4.78 is 23.8. The molecular weight excluding hydrogens is 288 g/mol. The minimum Gasteiger partial charge on any atom is -0.355 e. The number of carbonyl (C=O) groups excluding carboxylic acids is 1.